The third-order valence-electron chi connectivity index (χ3n) is 8.01. The number of nitrogens with zero attached hydrogens (tertiary/aromatic N) is 3. The molecule has 1 fully saturated rings. The maximum atomic E-state index is 14.4. The fourth-order valence-electron chi connectivity index (χ4n) is 5.94. The molecule has 5 nitrogen and oxygen atoms in total. The van der Waals surface area contributed by atoms with Crippen LogP contribution in [0, 0.1) is 17.5 Å². The summed E-state index contributed by atoms with van der Waals surface area (Å²) < 4.78 is 52.4. The Balaban J connectivity index is 1.34. The lowest BCUT2D eigenvalue weighted by molar-refractivity contribution is 0.106. The molecule has 2 atom stereocenters. The predicted molar refractivity (Wildman–Crippen MR) is 171 cm³/mol. The Bertz CT molecular complexity index is 1620. The van der Waals surface area contributed by atoms with E-state index < -0.39 is 22.2 Å². The lowest BCUT2D eigenvalue weighted by Crippen LogP contribution is -2.34. The van der Waals surface area contributed by atoms with Crippen molar-refractivity contribution in [2.75, 3.05) is 25.2 Å². The Hall–Kier alpha value is -4.34. The van der Waals surface area contributed by atoms with Gasteiger partial charge < -0.3 is 14.4 Å². The maximum absolute atomic E-state index is 14.4. The van der Waals surface area contributed by atoms with Crippen molar-refractivity contribution in [2.45, 2.75) is 29.1 Å². The van der Waals surface area contributed by atoms with Gasteiger partial charge in [0, 0.05) is 29.6 Å². The van der Waals surface area contributed by atoms with E-state index in [-0.39, 0.29) is 36.1 Å². The molecule has 0 spiro atoms. The number of hydrogen-bond donors (Lipinski definition) is 0. The zero-order valence-electron chi connectivity index (χ0n) is 24.7. The highest BCUT2D eigenvalue weighted by molar-refractivity contribution is 8.01. The Kier molecular flexibility index (Phi) is 9.37. The highest BCUT2D eigenvalue weighted by Gasteiger charge is 2.43. The van der Waals surface area contributed by atoms with E-state index in [2.05, 4.69) is 87.7 Å². The Morgan fingerprint density at radius 2 is 1.38 bits per heavy atom. The average Bonchev–Trinajstić information content (AvgIpc) is 3.49. The summed E-state index contributed by atoms with van der Waals surface area (Å²) >= 11 is 1.88. The van der Waals surface area contributed by atoms with Gasteiger partial charge in [-0.25, -0.2) is 18.2 Å². The van der Waals surface area contributed by atoms with E-state index in [4.69, 9.17) is 9.47 Å². The number of thioether (sulfide) groups is 1. The molecule has 1 saturated heterocycles. The van der Waals surface area contributed by atoms with Crippen molar-refractivity contribution in [1.29, 1.82) is 0 Å². The molecular formula is C36H32F3N3O2S. The largest absolute Gasteiger partial charge is 0.467 e. The Morgan fingerprint density at radius 1 is 0.800 bits per heavy atom. The van der Waals surface area contributed by atoms with Crippen LogP contribution < -0.4 is 9.64 Å². The van der Waals surface area contributed by atoms with Gasteiger partial charge in [-0.05, 0) is 35.2 Å². The van der Waals surface area contributed by atoms with Crippen molar-refractivity contribution in [2.24, 2.45) is 0 Å². The third kappa shape index (κ3) is 6.55. The van der Waals surface area contributed by atoms with Crippen molar-refractivity contribution in [3.05, 3.63) is 155 Å². The molecule has 0 aliphatic carbocycles. The normalized spacial score (nSPS) is 16.6. The summed E-state index contributed by atoms with van der Waals surface area (Å²) in [6, 6.07) is 34.9. The smallest absolute Gasteiger partial charge is 0.318 e. The number of halogens is 3. The zero-order valence-corrected chi connectivity index (χ0v) is 25.5. The van der Waals surface area contributed by atoms with Crippen LogP contribution in [0.5, 0.6) is 6.01 Å². The number of methoxy groups -OCH3 is 1. The fraction of sp³-hybridized carbons (Fsp3) is 0.222. The van der Waals surface area contributed by atoms with Crippen LogP contribution in [-0.4, -0.2) is 41.5 Å². The lowest BCUT2D eigenvalue weighted by atomic mass is 9.84. The molecule has 45 heavy (non-hydrogen) atoms. The van der Waals surface area contributed by atoms with Gasteiger partial charge in [0.2, 0.25) is 0 Å². The van der Waals surface area contributed by atoms with Crippen LogP contribution in [0.25, 0.3) is 0 Å². The predicted octanol–water partition coefficient (Wildman–Crippen LogP) is 7.79. The molecule has 0 amide bonds. The Morgan fingerprint density at radius 3 is 1.96 bits per heavy atom. The van der Waals surface area contributed by atoms with Gasteiger partial charge >= 0.3 is 6.01 Å². The van der Waals surface area contributed by atoms with Crippen molar-refractivity contribution >= 4 is 17.6 Å². The molecule has 2 heterocycles. The molecule has 6 rings (SSSR count). The van der Waals surface area contributed by atoms with Crippen LogP contribution >= 0.6 is 11.8 Å². The van der Waals surface area contributed by atoms with Crippen molar-refractivity contribution in [3.8, 4) is 6.01 Å². The topological polar surface area (TPSA) is 47.5 Å². The molecule has 0 radical (unpaired) electrons. The van der Waals surface area contributed by atoms with Gasteiger partial charge in [0.25, 0.3) is 0 Å². The SMILES string of the molecule is COc1nccc(N2C[C@H](SC(c3ccccc3)(c3ccccc3)c3ccccc3)C[C@H]2COCc2cc(F)c(F)cc2F)n1. The van der Waals surface area contributed by atoms with Crippen LogP contribution in [0.3, 0.4) is 0 Å². The van der Waals surface area contributed by atoms with Crippen molar-refractivity contribution < 1.29 is 22.6 Å². The van der Waals surface area contributed by atoms with Crippen LogP contribution in [0.4, 0.5) is 19.0 Å². The van der Waals surface area contributed by atoms with E-state index in [1.54, 1.807) is 6.20 Å². The second-order valence-electron chi connectivity index (χ2n) is 10.8. The number of benzene rings is 4. The van der Waals surface area contributed by atoms with Gasteiger partial charge in [0.1, 0.15) is 11.6 Å². The van der Waals surface area contributed by atoms with Crippen LogP contribution in [0.1, 0.15) is 28.7 Å². The third-order valence-corrected chi connectivity index (χ3v) is 9.75. The second-order valence-corrected chi connectivity index (χ2v) is 12.4. The summed E-state index contributed by atoms with van der Waals surface area (Å²) in [6.45, 7) is 0.670. The molecule has 0 bridgehead atoms. The first-order valence-electron chi connectivity index (χ1n) is 14.7. The highest BCUT2D eigenvalue weighted by atomic mass is 32.2. The van der Waals surface area contributed by atoms with Gasteiger partial charge in [-0.1, -0.05) is 91.0 Å². The fourth-order valence-corrected chi connectivity index (χ4v) is 7.81. The summed E-state index contributed by atoms with van der Waals surface area (Å²) in [5.41, 5.74) is 3.45. The number of aromatic nitrogens is 2. The zero-order chi connectivity index (χ0) is 31.2. The molecule has 0 unspecified atom stereocenters. The van der Waals surface area contributed by atoms with Gasteiger partial charge in [0.15, 0.2) is 11.6 Å². The second kappa shape index (κ2) is 13.7. The summed E-state index contributed by atoms with van der Waals surface area (Å²) in [4.78, 5) is 10.9. The van der Waals surface area contributed by atoms with Gasteiger partial charge in [0.05, 0.1) is 31.1 Å². The molecule has 1 aliphatic rings. The summed E-state index contributed by atoms with van der Waals surface area (Å²) in [5.74, 6) is -2.50. The van der Waals surface area contributed by atoms with Crippen molar-refractivity contribution in [1.82, 2.24) is 9.97 Å². The first-order chi connectivity index (χ1) is 22.0. The number of ether oxygens (including phenoxy) is 2. The van der Waals surface area contributed by atoms with Gasteiger partial charge in [-0.2, -0.15) is 4.98 Å². The number of rotatable bonds is 11. The molecule has 9 heteroatoms. The standard InChI is InChI=1S/C36H32F3N3O2S/c1-43-35-40-18-17-34(41-35)42-22-30(20-29(42)24-44-23-25-19-32(38)33(39)21-31(25)37)45-36(26-11-5-2-6-12-26,27-13-7-3-8-14-27)28-15-9-4-10-16-28/h2-19,21,29-30H,20,22-24H2,1H3/t29-,30+/m0/s1. The molecule has 1 aromatic heterocycles. The monoisotopic (exact) mass is 627 g/mol. The number of hydrogen-bond acceptors (Lipinski definition) is 6. The van der Waals surface area contributed by atoms with Gasteiger partial charge in [-0.15, -0.1) is 11.8 Å². The molecule has 1 aliphatic heterocycles. The maximum Gasteiger partial charge on any atom is 0.318 e. The van der Waals surface area contributed by atoms with Crippen LogP contribution in [0.2, 0.25) is 0 Å². The minimum Gasteiger partial charge on any atom is -0.467 e. The minimum atomic E-state index is -1.23. The highest BCUT2D eigenvalue weighted by Crippen LogP contribution is 2.52. The van der Waals surface area contributed by atoms with Gasteiger partial charge in [-0.3, -0.25) is 0 Å². The molecule has 0 saturated carbocycles. The Labute approximate surface area is 265 Å². The lowest BCUT2D eigenvalue weighted by Gasteiger charge is -2.37. The first-order valence-corrected chi connectivity index (χ1v) is 15.5. The summed E-state index contributed by atoms with van der Waals surface area (Å²) in [5, 5.41) is 0.111. The molecular weight excluding hydrogens is 595 g/mol. The van der Waals surface area contributed by atoms with E-state index in [9.17, 15) is 13.2 Å². The van der Waals surface area contributed by atoms with E-state index in [0.717, 1.165) is 29.2 Å². The molecule has 5 aromatic rings. The van der Waals surface area contributed by atoms with E-state index >= 15 is 0 Å². The average molecular weight is 628 g/mol. The van der Waals surface area contributed by atoms with E-state index in [1.165, 1.54) is 7.11 Å². The number of anilines is 1. The first kappa shape index (κ1) is 30.7. The van der Waals surface area contributed by atoms with Crippen molar-refractivity contribution in [3.63, 3.8) is 0 Å². The summed E-state index contributed by atoms with van der Waals surface area (Å²) in [6.07, 6.45) is 2.38. The van der Waals surface area contributed by atoms with E-state index in [1.807, 2.05) is 36.0 Å². The molecule has 230 valence electrons. The van der Waals surface area contributed by atoms with E-state index in [0.29, 0.717) is 18.4 Å². The summed E-state index contributed by atoms with van der Waals surface area (Å²) in [7, 11) is 1.52. The van der Waals surface area contributed by atoms with Crippen LogP contribution in [0.15, 0.2) is 115 Å². The molecule has 0 N–H and O–H groups in total. The minimum absolute atomic E-state index is 0.0377. The quantitative estimate of drug-likeness (QED) is 0.110. The van der Waals surface area contributed by atoms with Crippen LogP contribution in [-0.2, 0) is 16.1 Å². The molecule has 4 aromatic carbocycles.